The molecule has 2 aromatic carbocycles. The van der Waals surface area contributed by atoms with Gasteiger partial charge in [-0.25, -0.2) is 9.18 Å². The first-order chi connectivity index (χ1) is 19.6. The SMILES string of the molecule is CCCCCCCCCCc1ccc2c(oc(=O)c3cc(C4CCC(CCCCCCCC)CC4)ccc32)c1F. The zero-order valence-electron chi connectivity index (χ0n) is 25.4. The summed E-state index contributed by atoms with van der Waals surface area (Å²) in [7, 11) is 0. The number of hydrogen-bond acceptors (Lipinski definition) is 2. The third-order valence-electron chi connectivity index (χ3n) is 9.51. The maximum atomic E-state index is 15.4. The molecule has 4 rings (SSSR count). The van der Waals surface area contributed by atoms with E-state index in [4.69, 9.17) is 4.42 Å². The van der Waals surface area contributed by atoms with E-state index in [2.05, 4.69) is 19.9 Å². The molecule has 0 aliphatic heterocycles. The molecule has 3 heteroatoms. The summed E-state index contributed by atoms with van der Waals surface area (Å²) in [6.07, 6.45) is 25.1. The monoisotopic (exact) mass is 548 g/mol. The zero-order chi connectivity index (χ0) is 28.2. The lowest BCUT2D eigenvalue weighted by Gasteiger charge is -2.29. The van der Waals surface area contributed by atoms with Crippen LogP contribution >= 0.6 is 0 Å². The summed E-state index contributed by atoms with van der Waals surface area (Å²) in [5, 5.41) is 2.11. The van der Waals surface area contributed by atoms with E-state index >= 15 is 4.39 Å². The first kappa shape index (κ1) is 30.8. The summed E-state index contributed by atoms with van der Waals surface area (Å²) >= 11 is 0. The summed E-state index contributed by atoms with van der Waals surface area (Å²) < 4.78 is 21.1. The van der Waals surface area contributed by atoms with E-state index in [0.29, 0.717) is 28.7 Å². The Balaban J connectivity index is 1.34. The maximum Gasteiger partial charge on any atom is 0.344 e. The minimum Gasteiger partial charge on any atom is -0.419 e. The summed E-state index contributed by atoms with van der Waals surface area (Å²) in [6.45, 7) is 4.51. The number of aryl methyl sites for hydroxylation is 1. The molecule has 0 atom stereocenters. The minimum absolute atomic E-state index is 0.123. The van der Waals surface area contributed by atoms with E-state index in [1.165, 1.54) is 115 Å². The van der Waals surface area contributed by atoms with Crippen LogP contribution in [0.25, 0.3) is 21.7 Å². The van der Waals surface area contributed by atoms with Gasteiger partial charge in [0.2, 0.25) is 0 Å². The van der Waals surface area contributed by atoms with Gasteiger partial charge in [0.1, 0.15) is 0 Å². The molecule has 0 spiro atoms. The van der Waals surface area contributed by atoms with E-state index in [1.54, 1.807) is 0 Å². The molecular weight excluding hydrogens is 495 g/mol. The molecule has 1 fully saturated rings. The van der Waals surface area contributed by atoms with Crippen molar-refractivity contribution in [1.29, 1.82) is 0 Å². The van der Waals surface area contributed by atoms with Crippen molar-refractivity contribution in [3.8, 4) is 0 Å². The number of hydrogen-bond donors (Lipinski definition) is 0. The molecule has 1 heterocycles. The molecule has 0 bridgehead atoms. The number of fused-ring (bicyclic) bond motifs is 3. The third kappa shape index (κ3) is 8.43. The average molecular weight is 549 g/mol. The summed E-state index contributed by atoms with van der Waals surface area (Å²) in [6, 6.07) is 10.1. The van der Waals surface area contributed by atoms with Crippen LogP contribution in [0.3, 0.4) is 0 Å². The Hall–Kier alpha value is -2.16. The standard InChI is InChI=1S/C37H53FO2/c1-3-5-7-9-11-12-14-16-18-30-23-26-33-32-25-24-31(27-34(32)37(39)40-36(33)35(30)38)29-21-19-28(20-22-29)17-15-13-10-8-6-4-2/h23-29H,3-22H2,1-2H3. The fourth-order valence-electron chi connectivity index (χ4n) is 6.92. The predicted octanol–water partition coefficient (Wildman–Crippen LogP) is 11.8. The molecule has 1 saturated carbocycles. The second kappa shape index (κ2) is 16.3. The Morgan fingerprint density at radius 2 is 1.30 bits per heavy atom. The second-order valence-corrected chi connectivity index (χ2v) is 12.6. The number of benzene rings is 2. The van der Waals surface area contributed by atoms with Crippen molar-refractivity contribution in [2.24, 2.45) is 5.92 Å². The minimum atomic E-state index is -0.413. The summed E-state index contributed by atoms with van der Waals surface area (Å²) in [5.74, 6) is 1.01. The van der Waals surface area contributed by atoms with Crippen LogP contribution in [0.5, 0.6) is 0 Å². The first-order valence-corrected chi connectivity index (χ1v) is 16.8. The molecule has 1 aliphatic rings. The third-order valence-corrected chi connectivity index (χ3v) is 9.51. The van der Waals surface area contributed by atoms with E-state index in [-0.39, 0.29) is 11.4 Å². The molecule has 0 amide bonds. The van der Waals surface area contributed by atoms with E-state index in [0.717, 1.165) is 24.1 Å². The van der Waals surface area contributed by atoms with Gasteiger partial charge in [0.05, 0.1) is 5.39 Å². The molecule has 0 saturated heterocycles. The van der Waals surface area contributed by atoms with Gasteiger partial charge in [-0.05, 0) is 67.6 Å². The molecule has 1 aliphatic carbocycles. The molecule has 0 unspecified atom stereocenters. The van der Waals surface area contributed by atoms with Crippen LogP contribution in [0.2, 0.25) is 0 Å². The fourth-order valence-corrected chi connectivity index (χ4v) is 6.92. The lowest BCUT2D eigenvalue weighted by atomic mass is 9.76. The highest BCUT2D eigenvalue weighted by Gasteiger charge is 2.23. The van der Waals surface area contributed by atoms with Gasteiger partial charge in [-0.3, -0.25) is 0 Å². The topological polar surface area (TPSA) is 30.2 Å². The van der Waals surface area contributed by atoms with Crippen molar-refractivity contribution in [3.63, 3.8) is 0 Å². The van der Waals surface area contributed by atoms with Crippen molar-refractivity contribution < 1.29 is 8.81 Å². The predicted molar refractivity (Wildman–Crippen MR) is 169 cm³/mol. The van der Waals surface area contributed by atoms with Crippen LogP contribution in [0.1, 0.15) is 153 Å². The molecular formula is C37H53FO2. The molecule has 0 radical (unpaired) electrons. The Kier molecular flexibility index (Phi) is 12.6. The van der Waals surface area contributed by atoms with Crippen molar-refractivity contribution in [2.45, 2.75) is 148 Å². The lowest BCUT2D eigenvalue weighted by molar-refractivity contribution is 0.302. The van der Waals surface area contributed by atoms with Crippen LogP contribution in [0.15, 0.2) is 39.5 Å². The molecule has 1 aromatic heterocycles. The van der Waals surface area contributed by atoms with Gasteiger partial charge in [-0.2, -0.15) is 0 Å². The van der Waals surface area contributed by atoms with E-state index in [9.17, 15) is 4.79 Å². The maximum absolute atomic E-state index is 15.4. The van der Waals surface area contributed by atoms with Gasteiger partial charge in [0.15, 0.2) is 11.4 Å². The lowest BCUT2D eigenvalue weighted by Crippen LogP contribution is -2.14. The van der Waals surface area contributed by atoms with Crippen molar-refractivity contribution in [1.82, 2.24) is 0 Å². The van der Waals surface area contributed by atoms with Crippen LogP contribution in [-0.2, 0) is 6.42 Å². The normalized spacial score (nSPS) is 17.7. The Morgan fingerprint density at radius 3 is 1.98 bits per heavy atom. The number of unbranched alkanes of at least 4 members (excludes halogenated alkanes) is 12. The zero-order valence-corrected chi connectivity index (χ0v) is 25.4. The first-order valence-electron chi connectivity index (χ1n) is 16.8. The highest BCUT2D eigenvalue weighted by atomic mass is 19.1. The highest BCUT2D eigenvalue weighted by Crippen LogP contribution is 2.39. The largest absolute Gasteiger partial charge is 0.419 e. The van der Waals surface area contributed by atoms with Crippen LogP contribution in [0, 0.1) is 11.7 Å². The van der Waals surface area contributed by atoms with Crippen molar-refractivity contribution >= 4 is 21.7 Å². The van der Waals surface area contributed by atoms with Gasteiger partial charge in [-0.1, -0.05) is 128 Å². The molecule has 2 nitrogen and oxygen atoms in total. The van der Waals surface area contributed by atoms with Gasteiger partial charge in [-0.15, -0.1) is 0 Å². The van der Waals surface area contributed by atoms with Crippen molar-refractivity contribution in [3.05, 3.63) is 57.7 Å². The molecule has 0 N–H and O–H groups in total. The van der Waals surface area contributed by atoms with Crippen LogP contribution < -0.4 is 5.63 Å². The summed E-state index contributed by atoms with van der Waals surface area (Å²) in [4.78, 5) is 13.0. The Morgan fingerprint density at radius 1 is 0.700 bits per heavy atom. The average Bonchev–Trinajstić information content (AvgIpc) is 2.98. The molecule has 40 heavy (non-hydrogen) atoms. The Bertz CT molecular complexity index is 1230. The summed E-state index contributed by atoms with van der Waals surface area (Å²) in [5.41, 5.74) is 1.61. The number of rotatable bonds is 17. The fraction of sp³-hybridized carbons (Fsp3) is 0.649. The van der Waals surface area contributed by atoms with E-state index < -0.39 is 5.63 Å². The molecule has 3 aromatic rings. The highest BCUT2D eigenvalue weighted by molar-refractivity contribution is 6.04. The second-order valence-electron chi connectivity index (χ2n) is 12.6. The van der Waals surface area contributed by atoms with E-state index in [1.807, 2.05) is 24.3 Å². The van der Waals surface area contributed by atoms with Crippen molar-refractivity contribution in [2.75, 3.05) is 0 Å². The molecule has 220 valence electrons. The van der Waals surface area contributed by atoms with Gasteiger partial charge in [0.25, 0.3) is 0 Å². The smallest absolute Gasteiger partial charge is 0.344 e. The van der Waals surface area contributed by atoms with Gasteiger partial charge < -0.3 is 4.42 Å². The quantitative estimate of drug-likeness (QED) is 0.0954. The number of halogens is 1. The van der Waals surface area contributed by atoms with Gasteiger partial charge in [0, 0.05) is 10.8 Å². The van der Waals surface area contributed by atoms with Crippen LogP contribution in [-0.4, -0.2) is 0 Å². The van der Waals surface area contributed by atoms with Crippen LogP contribution in [0.4, 0.5) is 4.39 Å². The Labute approximate surface area is 242 Å². The van der Waals surface area contributed by atoms with Gasteiger partial charge >= 0.3 is 5.63 Å².